The molecular formula is C9H12N2O. The van der Waals surface area contributed by atoms with Gasteiger partial charge in [-0.3, -0.25) is 4.98 Å². The van der Waals surface area contributed by atoms with Gasteiger partial charge in [-0.15, -0.1) is 0 Å². The zero-order valence-corrected chi connectivity index (χ0v) is 7.28. The van der Waals surface area contributed by atoms with E-state index >= 15 is 0 Å². The number of pyridine rings is 1. The van der Waals surface area contributed by atoms with Gasteiger partial charge in [0.2, 0.25) is 0 Å². The standard InChI is InChI=1S/C9H12N2O/c1-3-8-5-10-7(2)4-9(8)6-11-12/h4-6,12H,3H2,1-2H3. The Morgan fingerprint density at radius 3 is 3.00 bits per heavy atom. The highest BCUT2D eigenvalue weighted by molar-refractivity contribution is 5.81. The van der Waals surface area contributed by atoms with Crippen LogP contribution in [0.25, 0.3) is 0 Å². The Bertz CT molecular complexity index is 295. The molecule has 0 aliphatic rings. The van der Waals surface area contributed by atoms with Gasteiger partial charge >= 0.3 is 0 Å². The SMILES string of the molecule is CCc1cnc(C)cc1C=NO. The number of oxime groups is 1. The fourth-order valence-electron chi connectivity index (χ4n) is 1.09. The smallest absolute Gasteiger partial charge is 0.0737 e. The third kappa shape index (κ3) is 1.81. The minimum absolute atomic E-state index is 0.897. The number of hydrogen-bond acceptors (Lipinski definition) is 3. The molecule has 0 fully saturated rings. The molecule has 0 aromatic carbocycles. The summed E-state index contributed by atoms with van der Waals surface area (Å²) in [6, 6.07) is 1.90. The topological polar surface area (TPSA) is 45.5 Å². The molecule has 1 rings (SSSR count). The Kier molecular flexibility index (Phi) is 2.80. The molecule has 3 heteroatoms. The largest absolute Gasteiger partial charge is 0.411 e. The zero-order chi connectivity index (χ0) is 8.97. The van der Waals surface area contributed by atoms with E-state index in [9.17, 15) is 0 Å². The molecule has 0 atom stereocenters. The molecule has 0 radical (unpaired) electrons. The summed E-state index contributed by atoms with van der Waals surface area (Å²) in [4.78, 5) is 4.15. The lowest BCUT2D eigenvalue weighted by atomic mass is 10.1. The van der Waals surface area contributed by atoms with Gasteiger partial charge in [0.05, 0.1) is 6.21 Å². The van der Waals surface area contributed by atoms with Gasteiger partial charge < -0.3 is 5.21 Å². The van der Waals surface area contributed by atoms with Crippen molar-refractivity contribution >= 4 is 6.21 Å². The molecule has 0 saturated heterocycles. The minimum Gasteiger partial charge on any atom is -0.411 e. The van der Waals surface area contributed by atoms with Crippen molar-refractivity contribution in [1.29, 1.82) is 0 Å². The van der Waals surface area contributed by atoms with Gasteiger partial charge in [-0.25, -0.2) is 0 Å². The first-order valence-corrected chi connectivity index (χ1v) is 3.91. The van der Waals surface area contributed by atoms with E-state index in [1.807, 2.05) is 26.1 Å². The predicted molar refractivity (Wildman–Crippen MR) is 47.7 cm³/mol. The summed E-state index contributed by atoms with van der Waals surface area (Å²) in [7, 11) is 0. The monoisotopic (exact) mass is 164 g/mol. The second-order valence-electron chi connectivity index (χ2n) is 2.62. The highest BCUT2D eigenvalue weighted by Gasteiger charge is 1.98. The molecule has 64 valence electrons. The molecule has 0 aliphatic heterocycles. The quantitative estimate of drug-likeness (QED) is 0.411. The maximum Gasteiger partial charge on any atom is 0.0737 e. The Morgan fingerprint density at radius 1 is 1.67 bits per heavy atom. The fourth-order valence-corrected chi connectivity index (χ4v) is 1.09. The Balaban J connectivity index is 3.12. The van der Waals surface area contributed by atoms with Crippen molar-refractivity contribution in [3.05, 3.63) is 29.1 Å². The van der Waals surface area contributed by atoms with Crippen LogP contribution in [0.4, 0.5) is 0 Å². The van der Waals surface area contributed by atoms with Gasteiger partial charge in [0, 0.05) is 17.5 Å². The summed E-state index contributed by atoms with van der Waals surface area (Å²) in [5.74, 6) is 0. The minimum atomic E-state index is 0.897. The van der Waals surface area contributed by atoms with E-state index in [1.165, 1.54) is 6.21 Å². The van der Waals surface area contributed by atoms with Gasteiger partial charge in [0.15, 0.2) is 0 Å². The molecule has 1 aromatic heterocycles. The van der Waals surface area contributed by atoms with E-state index in [1.54, 1.807) is 0 Å². The van der Waals surface area contributed by atoms with Crippen molar-refractivity contribution in [2.24, 2.45) is 5.16 Å². The summed E-state index contributed by atoms with van der Waals surface area (Å²) < 4.78 is 0. The van der Waals surface area contributed by atoms with Gasteiger partial charge in [0.1, 0.15) is 0 Å². The number of nitrogens with zero attached hydrogens (tertiary/aromatic N) is 2. The van der Waals surface area contributed by atoms with Crippen molar-refractivity contribution in [3.8, 4) is 0 Å². The first-order chi connectivity index (χ1) is 5.77. The predicted octanol–water partition coefficient (Wildman–Crippen LogP) is 1.76. The van der Waals surface area contributed by atoms with Crippen molar-refractivity contribution in [1.82, 2.24) is 4.98 Å². The van der Waals surface area contributed by atoms with Crippen LogP contribution < -0.4 is 0 Å². The van der Waals surface area contributed by atoms with Crippen molar-refractivity contribution in [3.63, 3.8) is 0 Å². The van der Waals surface area contributed by atoms with Crippen molar-refractivity contribution < 1.29 is 5.21 Å². The molecule has 12 heavy (non-hydrogen) atoms. The summed E-state index contributed by atoms with van der Waals surface area (Å²) in [6.45, 7) is 3.95. The third-order valence-electron chi connectivity index (χ3n) is 1.74. The second kappa shape index (κ2) is 3.85. The Labute approximate surface area is 71.8 Å². The Morgan fingerprint density at radius 2 is 2.42 bits per heavy atom. The van der Waals surface area contributed by atoms with Crippen LogP contribution in [-0.2, 0) is 6.42 Å². The lowest BCUT2D eigenvalue weighted by Crippen LogP contribution is -1.94. The second-order valence-corrected chi connectivity index (χ2v) is 2.62. The first-order valence-electron chi connectivity index (χ1n) is 3.91. The van der Waals surface area contributed by atoms with Gasteiger partial charge in [-0.1, -0.05) is 12.1 Å². The van der Waals surface area contributed by atoms with E-state index in [-0.39, 0.29) is 0 Å². The van der Waals surface area contributed by atoms with Crippen molar-refractivity contribution in [2.75, 3.05) is 0 Å². The van der Waals surface area contributed by atoms with Gasteiger partial charge in [-0.05, 0) is 25.0 Å². The summed E-state index contributed by atoms with van der Waals surface area (Å²) in [5.41, 5.74) is 2.97. The van der Waals surface area contributed by atoms with E-state index in [0.29, 0.717) is 0 Å². The number of hydrogen-bond donors (Lipinski definition) is 1. The summed E-state index contributed by atoms with van der Waals surface area (Å²) in [6.07, 6.45) is 4.15. The molecule has 0 aliphatic carbocycles. The van der Waals surface area contributed by atoms with Crippen molar-refractivity contribution in [2.45, 2.75) is 20.3 Å². The number of rotatable bonds is 2. The lowest BCUT2D eigenvalue weighted by molar-refractivity contribution is 0.322. The van der Waals surface area contributed by atoms with Gasteiger partial charge in [0.25, 0.3) is 0 Å². The molecule has 1 N–H and O–H groups in total. The average molecular weight is 164 g/mol. The summed E-state index contributed by atoms with van der Waals surface area (Å²) >= 11 is 0. The van der Waals surface area contributed by atoms with Crippen LogP contribution in [0.5, 0.6) is 0 Å². The van der Waals surface area contributed by atoms with Crippen LogP contribution in [0.1, 0.15) is 23.7 Å². The molecule has 1 aromatic rings. The lowest BCUT2D eigenvalue weighted by Gasteiger charge is -2.01. The maximum absolute atomic E-state index is 8.38. The van der Waals surface area contributed by atoms with E-state index < -0.39 is 0 Å². The highest BCUT2D eigenvalue weighted by Crippen LogP contribution is 2.07. The number of aromatic nitrogens is 1. The number of aryl methyl sites for hydroxylation is 2. The molecule has 0 amide bonds. The van der Waals surface area contributed by atoms with E-state index in [2.05, 4.69) is 10.1 Å². The molecular weight excluding hydrogens is 152 g/mol. The normalized spacial score (nSPS) is 10.8. The van der Waals surface area contributed by atoms with Crippen LogP contribution in [-0.4, -0.2) is 16.4 Å². The van der Waals surface area contributed by atoms with E-state index in [4.69, 9.17) is 5.21 Å². The highest BCUT2D eigenvalue weighted by atomic mass is 16.4. The van der Waals surface area contributed by atoms with E-state index in [0.717, 1.165) is 23.2 Å². The summed E-state index contributed by atoms with van der Waals surface area (Å²) in [5, 5.41) is 11.4. The Hall–Kier alpha value is -1.38. The maximum atomic E-state index is 8.38. The molecule has 0 unspecified atom stereocenters. The first kappa shape index (κ1) is 8.71. The third-order valence-corrected chi connectivity index (χ3v) is 1.74. The molecule has 1 heterocycles. The van der Waals surface area contributed by atoms with Crippen LogP contribution in [0.15, 0.2) is 17.4 Å². The zero-order valence-electron chi connectivity index (χ0n) is 7.28. The molecule has 0 spiro atoms. The van der Waals surface area contributed by atoms with Crippen LogP contribution >= 0.6 is 0 Å². The van der Waals surface area contributed by atoms with Crippen LogP contribution in [0.3, 0.4) is 0 Å². The molecule has 0 bridgehead atoms. The average Bonchev–Trinajstić information content (AvgIpc) is 2.05. The molecule has 0 saturated carbocycles. The molecule has 3 nitrogen and oxygen atoms in total. The fraction of sp³-hybridized carbons (Fsp3) is 0.333. The van der Waals surface area contributed by atoms with Crippen LogP contribution in [0, 0.1) is 6.92 Å². The van der Waals surface area contributed by atoms with Crippen LogP contribution in [0.2, 0.25) is 0 Å². The van der Waals surface area contributed by atoms with Gasteiger partial charge in [-0.2, -0.15) is 0 Å².